The van der Waals surface area contributed by atoms with Crippen molar-refractivity contribution in [1.29, 1.82) is 0 Å². The van der Waals surface area contributed by atoms with Crippen molar-refractivity contribution in [3.63, 3.8) is 0 Å². The quantitative estimate of drug-likeness (QED) is 0.445. The van der Waals surface area contributed by atoms with Crippen LogP contribution in [0.2, 0.25) is 0 Å². The normalized spacial score (nSPS) is 17.8. The topological polar surface area (TPSA) is 36.4 Å². The average Bonchev–Trinajstić information content (AvgIpc) is 2.80. The Morgan fingerprint density at radius 1 is 1.21 bits per heavy atom. The molecule has 19 heavy (non-hydrogen) atoms. The van der Waals surface area contributed by atoms with Crippen molar-refractivity contribution in [2.75, 3.05) is 13.1 Å². The van der Waals surface area contributed by atoms with Crippen LogP contribution in [-0.2, 0) is 0 Å². The Bertz CT molecular complexity index is 271. The first-order chi connectivity index (χ1) is 9.01. The molecule has 1 aliphatic carbocycles. The second kappa shape index (κ2) is 8.27. The molecule has 0 bridgehead atoms. The summed E-state index contributed by atoms with van der Waals surface area (Å²) in [5, 5.41) is 6.47. The van der Waals surface area contributed by atoms with Crippen molar-refractivity contribution in [2.24, 2.45) is 4.99 Å². The number of alkyl halides is 3. The zero-order valence-corrected chi connectivity index (χ0v) is 11.5. The minimum atomic E-state index is -4.05. The summed E-state index contributed by atoms with van der Waals surface area (Å²) in [6.45, 7) is 3.19. The standard InChI is InChI=1S/C13H24F3N3/c1-2-17-12(19-11-7-3-4-8-11)18-10-6-5-9-13(14,15)16/h11H,2-10H2,1H3,(H2,17,18,19). The SMILES string of the molecule is CCNC(=NCCCCC(F)(F)F)NC1CCCC1. The van der Waals surface area contributed by atoms with Crippen molar-refractivity contribution in [1.82, 2.24) is 10.6 Å². The Balaban J connectivity index is 2.23. The van der Waals surface area contributed by atoms with E-state index >= 15 is 0 Å². The van der Waals surface area contributed by atoms with E-state index in [0.29, 0.717) is 19.0 Å². The van der Waals surface area contributed by atoms with Crippen LogP contribution in [0.3, 0.4) is 0 Å². The number of nitrogens with zero attached hydrogens (tertiary/aromatic N) is 1. The van der Waals surface area contributed by atoms with E-state index in [4.69, 9.17) is 0 Å². The molecule has 1 fully saturated rings. The van der Waals surface area contributed by atoms with Crippen molar-refractivity contribution in [2.45, 2.75) is 64.1 Å². The van der Waals surface area contributed by atoms with Gasteiger partial charge in [-0.15, -0.1) is 0 Å². The maximum absolute atomic E-state index is 12.0. The van der Waals surface area contributed by atoms with Gasteiger partial charge in [-0.2, -0.15) is 13.2 Å². The van der Waals surface area contributed by atoms with Crippen LogP contribution in [0.5, 0.6) is 0 Å². The van der Waals surface area contributed by atoms with Crippen LogP contribution in [0.4, 0.5) is 13.2 Å². The van der Waals surface area contributed by atoms with Crippen LogP contribution >= 0.6 is 0 Å². The first kappa shape index (κ1) is 16.1. The van der Waals surface area contributed by atoms with Gasteiger partial charge < -0.3 is 10.6 Å². The largest absolute Gasteiger partial charge is 0.389 e. The van der Waals surface area contributed by atoms with E-state index in [2.05, 4.69) is 15.6 Å². The fourth-order valence-electron chi connectivity index (χ4n) is 2.21. The van der Waals surface area contributed by atoms with Crippen molar-refractivity contribution in [3.8, 4) is 0 Å². The number of guanidine groups is 1. The van der Waals surface area contributed by atoms with Gasteiger partial charge in [0.25, 0.3) is 0 Å². The van der Waals surface area contributed by atoms with Gasteiger partial charge in [-0.25, -0.2) is 0 Å². The summed E-state index contributed by atoms with van der Waals surface area (Å²) >= 11 is 0. The Kier molecular flexibility index (Phi) is 7.02. The smallest absolute Gasteiger partial charge is 0.357 e. The van der Waals surface area contributed by atoms with Gasteiger partial charge in [0.1, 0.15) is 0 Å². The van der Waals surface area contributed by atoms with E-state index < -0.39 is 12.6 Å². The molecule has 0 atom stereocenters. The van der Waals surface area contributed by atoms with E-state index in [-0.39, 0.29) is 6.42 Å². The van der Waals surface area contributed by atoms with Crippen LogP contribution in [-0.4, -0.2) is 31.3 Å². The maximum atomic E-state index is 12.0. The number of rotatable bonds is 6. The predicted octanol–water partition coefficient (Wildman–Crippen LogP) is 3.22. The minimum Gasteiger partial charge on any atom is -0.357 e. The molecule has 0 aromatic heterocycles. The minimum absolute atomic E-state index is 0.149. The zero-order chi connectivity index (χ0) is 14.1. The highest BCUT2D eigenvalue weighted by Crippen LogP contribution is 2.22. The molecule has 6 heteroatoms. The van der Waals surface area contributed by atoms with Crippen LogP contribution in [0.1, 0.15) is 51.9 Å². The Morgan fingerprint density at radius 3 is 2.47 bits per heavy atom. The molecule has 0 spiro atoms. The second-order valence-corrected chi connectivity index (χ2v) is 4.96. The van der Waals surface area contributed by atoms with Gasteiger partial charge in [0.2, 0.25) is 0 Å². The third-order valence-electron chi connectivity index (χ3n) is 3.18. The lowest BCUT2D eigenvalue weighted by atomic mass is 10.2. The van der Waals surface area contributed by atoms with E-state index in [1.807, 2.05) is 6.92 Å². The van der Waals surface area contributed by atoms with Crippen LogP contribution < -0.4 is 10.6 Å². The molecule has 3 nitrogen and oxygen atoms in total. The highest BCUT2D eigenvalue weighted by atomic mass is 19.4. The highest BCUT2D eigenvalue weighted by Gasteiger charge is 2.25. The second-order valence-electron chi connectivity index (χ2n) is 4.96. The molecule has 0 aliphatic heterocycles. The summed E-state index contributed by atoms with van der Waals surface area (Å²) in [4.78, 5) is 4.32. The Labute approximate surface area is 113 Å². The number of halogens is 3. The van der Waals surface area contributed by atoms with Gasteiger partial charge >= 0.3 is 6.18 Å². The molecule has 0 radical (unpaired) electrons. The molecule has 0 aromatic carbocycles. The average molecular weight is 279 g/mol. The predicted molar refractivity (Wildman–Crippen MR) is 71.3 cm³/mol. The summed E-state index contributed by atoms with van der Waals surface area (Å²) in [7, 11) is 0. The van der Waals surface area contributed by atoms with Crippen LogP contribution in [0.25, 0.3) is 0 Å². The molecule has 1 aliphatic rings. The molecule has 0 unspecified atom stereocenters. The van der Waals surface area contributed by atoms with E-state index in [0.717, 1.165) is 25.3 Å². The molecule has 0 saturated heterocycles. The lowest BCUT2D eigenvalue weighted by Gasteiger charge is -2.16. The first-order valence-corrected chi connectivity index (χ1v) is 7.13. The summed E-state index contributed by atoms with van der Waals surface area (Å²) in [5.41, 5.74) is 0. The molecular formula is C13H24F3N3. The molecule has 0 amide bonds. The number of aliphatic imine (C=N–C) groups is 1. The molecule has 0 aromatic rings. The molecule has 1 rings (SSSR count). The molecule has 1 saturated carbocycles. The Morgan fingerprint density at radius 2 is 1.89 bits per heavy atom. The number of hydrogen-bond donors (Lipinski definition) is 2. The fourth-order valence-corrected chi connectivity index (χ4v) is 2.21. The van der Waals surface area contributed by atoms with E-state index in [1.54, 1.807) is 0 Å². The third kappa shape index (κ3) is 7.95. The fraction of sp³-hybridized carbons (Fsp3) is 0.923. The van der Waals surface area contributed by atoms with Gasteiger partial charge in [-0.3, -0.25) is 4.99 Å². The summed E-state index contributed by atoms with van der Waals surface area (Å²) in [5.74, 6) is 0.737. The van der Waals surface area contributed by atoms with E-state index in [9.17, 15) is 13.2 Å². The zero-order valence-electron chi connectivity index (χ0n) is 11.5. The molecule has 0 heterocycles. The van der Waals surface area contributed by atoms with Crippen LogP contribution in [0.15, 0.2) is 4.99 Å². The van der Waals surface area contributed by atoms with Gasteiger partial charge in [-0.05, 0) is 32.6 Å². The molecular weight excluding hydrogens is 255 g/mol. The van der Waals surface area contributed by atoms with Crippen molar-refractivity contribution >= 4 is 5.96 Å². The maximum Gasteiger partial charge on any atom is 0.389 e. The Hall–Kier alpha value is -0.940. The first-order valence-electron chi connectivity index (χ1n) is 7.13. The van der Waals surface area contributed by atoms with Gasteiger partial charge in [0, 0.05) is 25.6 Å². The lowest BCUT2D eigenvalue weighted by Crippen LogP contribution is -2.42. The summed E-state index contributed by atoms with van der Waals surface area (Å²) in [6, 6.07) is 0.466. The van der Waals surface area contributed by atoms with Crippen molar-refractivity contribution in [3.05, 3.63) is 0 Å². The molecule has 112 valence electrons. The van der Waals surface area contributed by atoms with Crippen LogP contribution in [0, 0.1) is 0 Å². The van der Waals surface area contributed by atoms with E-state index in [1.165, 1.54) is 12.8 Å². The number of unbranched alkanes of at least 4 members (excludes halogenated alkanes) is 1. The molecule has 2 N–H and O–H groups in total. The van der Waals surface area contributed by atoms with Gasteiger partial charge in [-0.1, -0.05) is 12.8 Å². The highest BCUT2D eigenvalue weighted by molar-refractivity contribution is 5.80. The number of nitrogens with one attached hydrogen (secondary N) is 2. The van der Waals surface area contributed by atoms with Gasteiger partial charge in [0.15, 0.2) is 5.96 Å². The van der Waals surface area contributed by atoms with Gasteiger partial charge in [0.05, 0.1) is 0 Å². The summed E-state index contributed by atoms with van der Waals surface area (Å²) < 4.78 is 35.9. The number of hydrogen-bond acceptors (Lipinski definition) is 1. The third-order valence-corrected chi connectivity index (χ3v) is 3.18. The van der Waals surface area contributed by atoms with Crippen molar-refractivity contribution < 1.29 is 13.2 Å². The monoisotopic (exact) mass is 279 g/mol. The lowest BCUT2D eigenvalue weighted by molar-refractivity contribution is -0.135. The summed E-state index contributed by atoms with van der Waals surface area (Å²) in [6.07, 6.45) is 0.643.